The monoisotopic (exact) mass is 281 g/mol. The van der Waals surface area contributed by atoms with Crippen LogP contribution in [0, 0.1) is 6.92 Å². The summed E-state index contributed by atoms with van der Waals surface area (Å²) in [6.45, 7) is 3.30. The fourth-order valence-electron chi connectivity index (χ4n) is 1.82. The Bertz CT molecular complexity index is 635. The summed E-state index contributed by atoms with van der Waals surface area (Å²) in [5.41, 5.74) is 2.20. The van der Waals surface area contributed by atoms with Gasteiger partial charge in [0, 0.05) is 25.6 Å². The van der Waals surface area contributed by atoms with E-state index in [0.29, 0.717) is 17.1 Å². The molecule has 1 aromatic heterocycles. The molecule has 0 aliphatic heterocycles. The van der Waals surface area contributed by atoms with Crippen LogP contribution >= 0.6 is 0 Å². The summed E-state index contributed by atoms with van der Waals surface area (Å²) in [6.07, 6.45) is 0. The van der Waals surface area contributed by atoms with Gasteiger partial charge in [0.2, 0.25) is 11.7 Å². The molecule has 0 spiro atoms. The minimum absolute atomic E-state index is 0. The first-order valence-corrected chi connectivity index (χ1v) is 5.94. The first-order chi connectivity index (χ1) is 8.99. The molecule has 0 bridgehead atoms. The molecule has 2 rings (SSSR count). The molecule has 4 nitrogen and oxygen atoms in total. The van der Waals surface area contributed by atoms with Crippen molar-refractivity contribution in [3.05, 3.63) is 53.2 Å². The summed E-state index contributed by atoms with van der Waals surface area (Å²) in [5, 5.41) is 0. The standard InChI is InChI=1S/C15H15NO3.Na.H/c1-10-4-6-12(7-5-10)15(18)13-8-9-14(16(13)3)19-11(2)17;;/h4-9H,1-3H3;;/q;+1;-1. The Morgan fingerprint density at radius 2 is 1.70 bits per heavy atom. The van der Waals surface area contributed by atoms with Crippen molar-refractivity contribution in [3.8, 4) is 5.88 Å². The summed E-state index contributed by atoms with van der Waals surface area (Å²) in [7, 11) is 1.69. The molecule has 0 aliphatic rings. The maximum atomic E-state index is 12.3. The van der Waals surface area contributed by atoms with Gasteiger partial charge in [0.05, 0.1) is 5.69 Å². The minimum atomic E-state index is -0.407. The zero-order valence-electron chi connectivity index (χ0n) is 13.1. The van der Waals surface area contributed by atoms with E-state index in [4.69, 9.17) is 4.74 Å². The molecule has 1 heterocycles. The number of ketones is 1. The van der Waals surface area contributed by atoms with Crippen molar-refractivity contribution in [2.75, 3.05) is 0 Å². The summed E-state index contributed by atoms with van der Waals surface area (Å²) >= 11 is 0. The van der Waals surface area contributed by atoms with Crippen LogP contribution in [0.5, 0.6) is 5.88 Å². The van der Waals surface area contributed by atoms with Gasteiger partial charge in [-0.25, -0.2) is 0 Å². The molecule has 20 heavy (non-hydrogen) atoms. The topological polar surface area (TPSA) is 48.3 Å². The first kappa shape index (κ1) is 16.7. The largest absolute Gasteiger partial charge is 1.00 e. The molecule has 0 unspecified atom stereocenters. The number of esters is 1. The average molecular weight is 281 g/mol. The van der Waals surface area contributed by atoms with Crippen LogP contribution in [-0.2, 0) is 11.8 Å². The van der Waals surface area contributed by atoms with Crippen LogP contribution in [-0.4, -0.2) is 16.3 Å². The summed E-state index contributed by atoms with van der Waals surface area (Å²) in [6, 6.07) is 10.6. The Balaban J connectivity index is 0.00000200. The summed E-state index contributed by atoms with van der Waals surface area (Å²) < 4.78 is 6.58. The number of aryl methyl sites for hydroxylation is 1. The average Bonchev–Trinajstić information content (AvgIpc) is 2.70. The van der Waals surface area contributed by atoms with Gasteiger partial charge in [0.25, 0.3) is 0 Å². The second kappa shape index (κ2) is 6.88. The van der Waals surface area contributed by atoms with Gasteiger partial charge in [-0.05, 0) is 13.0 Å². The van der Waals surface area contributed by atoms with Crippen LogP contribution in [0.3, 0.4) is 0 Å². The Labute approximate surface area is 141 Å². The van der Waals surface area contributed by atoms with Crippen LogP contribution in [0.15, 0.2) is 36.4 Å². The van der Waals surface area contributed by atoms with E-state index in [1.807, 2.05) is 19.1 Å². The Kier molecular flexibility index (Phi) is 5.74. The Morgan fingerprint density at radius 1 is 1.10 bits per heavy atom. The maximum Gasteiger partial charge on any atom is 1.00 e. The molecule has 0 radical (unpaired) electrons. The van der Waals surface area contributed by atoms with E-state index in [1.165, 1.54) is 6.92 Å². The van der Waals surface area contributed by atoms with Crippen molar-refractivity contribution in [1.29, 1.82) is 0 Å². The third kappa shape index (κ3) is 3.60. The number of benzene rings is 1. The molecule has 0 fully saturated rings. The molecule has 0 saturated carbocycles. The third-order valence-corrected chi connectivity index (χ3v) is 2.87. The fourth-order valence-corrected chi connectivity index (χ4v) is 1.82. The zero-order chi connectivity index (χ0) is 14.0. The number of carbonyl (C=O) groups is 2. The first-order valence-electron chi connectivity index (χ1n) is 5.94. The second-order valence-electron chi connectivity index (χ2n) is 4.40. The van der Waals surface area contributed by atoms with Crippen LogP contribution < -0.4 is 34.3 Å². The number of ether oxygens (including phenoxy) is 1. The molecule has 5 heteroatoms. The maximum absolute atomic E-state index is 12.3. The van der Waals surface area contributed by atoms with Crippen LogP contribution in [0.4, 0.5) is 0 Å². The molecule has 2 aromatic rings. The van der Waals surface area contributed by atoms with Gasteiger partial charge in [-0.2, -0.15) is 0 Å². The predicted molar refractivity (Wildman–Crippen MR) is 72.4 cm³/mol. The second-order valence-corrected chi connectivity index (χ2v) is 4.40. The van der Waals surface area contributed by atoms with Gasteiger partial charge in [0.1, 0.15) is 0 Å². The SMILES string of the molecule is CC(=O)Oc1ccc(C(=O)c2ccc(C)cc2)n1C.[H-].[Na+]. The van der Waals surface area contributed by atoms with Crippen LogP contribution in [0.1, 0.15) is 30.0 Å². The Hall–Kier alpha value is -1.36. The van der Waals surface area contributed by atoms with Crippen molar-refractivity contribution in [2.45, 2.75) is 13.8 Å². The molecule has 1 aromatic carbocycles. The van der Waals surface area contributed by atoms with Gasteiger partial charge in [-0.1, -0.05) is 29.8 Å². The van der Waals surface area contributed by atoms with Crippen molar-refractivity contribution < 1.29 is 45.3 Å². The molecule has 0 saturated heterocycles. The van der Waals surface area contributed by atoms with Crippen molar-refractivity contribution >= 4 is 11.8 Å². The number of carbonyl (C=O) groups excluding carboxylic acids is 2. The quantitative estimate of drug-likeness (QED) is 0.437. The fraction of sp³-hybridized carbons (Fsp3) is 0.200. The minimum Gasteiger partial charge on any atom is -1.00 e. The molecular weight excluding hydrogens is 265 g/mol. The van der Waals surface area contributed by atoms with Crippen LogP contribution in [0.25, 0.3) is 0 Å². The number of aromatic nitrogens is 1. The van der Waals surface area contributed by atoms with Crippen molar-refractivity contribution in [2.24, 2.45) is 7.05 Å². The molecule has 0 N–H and O–H groups in total. The van der Waals surface area contributed by atoms with Gasteiger partial charge in [-0.3, -0.25) is 9.59 Å². The van der Waals surface area contributed by atoms with E-state index < -0.39 is 5.97 Å². The van der Waals surface area contributed by atoms with E-state index in [1.54, 1.807) is 35.9 Å². The number of nitrogens with zero attached hydrogens (tertiary/aromatic N) is 1. The van der Waals surface area contributed by atoms with Gasteiger partial charge in [-0.15, -0.1) is 0 Å². The van der Waals surface area contributed by atoms with Gasteiger partial charge >= 0.3 is 35.5 Å². The van der Waals surface area contributed by atoms with E-state index >= 15 is 0 Å². The molecular formula is C15H16NNaO3. The Morgan fingerprint density at radius 3 is 2.25 bits per heavy atom. The molecule has 0 amide bonds. The molecule has 100 valence electrons. The van der Waals surface area contributed by atoms with Crippen molar-refractivity contribution in [1.82, 2.24) is 4.57 Å². The predicted octanol–water partition coefficient (Wildman–Crippen LogP) is -0.394. The summed E-state index contributed by atoms with van der Waals surface area (Å²) in [4.78, 5) is 23.2. The summed E-state index contributed by atoms with van der Waals surface area (Å²) in [5.74, 6) is -0.139. The van der Waals surface area contributed by atoms with Crippen molar-refractivity contribution in [3.63, 3.8) is 0 Å². The number of hydrogen-bond donors (Lipinski definition) is 0. The van der Waals surface area contributed by atoms with Crippen LogP contribution in [0.2, 0.25) is 0 Å². The normalized spacial score (nSPS) is 9.75. The van der Waals surface area contributed by atoms with E-state index in [9.17, 15) is 9.59 Å². The molecule has 0 atom stereocenters. The third-order valence-electron chi connectivity index (χ3n) is 2.87. The van der Waals surface area contributed by atoms with E-state index in [-0.39, 0.29) is 36.8 Å². The van der Waals surface area contributed by atoms with Gasteiger partial charge in [0.15, 0.2) is 0 Å². The van der Waals surface area contributed by atoms with E-state index in [2.05, 4.69) is 0 Å². The smallest absolute Gasteiger partial charge is 1.00 e. The molecule has 0 aliphatic carbocycles. The number of rotatable bonds is 3. The zero-order valence-corrected chi connectivity index (χ0v) is 14.1. The van der Waals surface area contributed by atoms with Gasteiger partial charge < -0.3 is 10.7 Å². The number of hydrogen-bond acceptors (Lipinski definition) is 3. The van der Waals surface area contributed by atoms with E-state index in [0.717, 1.165) is 5.56 Å².